The van der Waals surface area contributed by atoms with Crippen LogP contribution in [-0.4, -0.2) is 12.4 Å². The summed E-state index contributed by atoms with van der Waals surface area (Å²) in [5, 5.41) is 0. The normalized spacial score (nSPS) is 9.00. The van der Waals surface area contributed by atoms with Gasteiger partial charge in [-0.2, -0.15) is 0 Å². The van der Waals surface area contributed by atoms with Crippen molar-refractivity contribution in [2.75, 3.05) is 6.16 Å². The zero-order valence-electron chi connectivity index (χ0n) is 3.96. The van der Waals surface area contributed by atoms with Gasteiger partial charge < -0.3 is 4.89 Å². The van der Waals surface area contributed by atoms with Gasteiger partial charge in [0.2, 0.25) is 0 Å². The van der Waals surface area contributed by atoms with Crippen molar-refractivity contribution in [2.45, 2.75) is 0 Å². The van der Waals surface area contributed by atoms with Gasteiger partial charge in [0.05, 0.1) is 0 Å². The molecule has 0 saturated heterocycles. The first-order chi connectivity index (χ1) is 2.77. The third-order valence-corrected chi connectivity index (χ3v) is 0.671. The zero-order valence-corrected chi connectivity index (χ0v) is 6.85. The smallest absolute Gasteiger partial charge is 0.595 e. The van der Waals surface area contributed by atoms with Gasteiger partial charge in [0.1, 0.15) is 0 Å². The maximum Gasteiger partial charge on any atom is 1.00 e. The molecule has 1 unspecified atom stereocenters. The summed E-state index contributed by atoms with van der Waals surface area (Å²) >= 11 is 0. The molecular formula is C2H3NaO3P+. The first-order valence-electron chi connectivity index (χ1n) is 1.33. The topological polar surface area (TPSA) is 57.2 Å². The number of carbonyl (C=O) groups is 1. The molecule has 34 valence electrons. The van der Waals surface area contributed by atoms with Crippen LogP contribution in [0.3, 0.4) is 0 Å². The molecule has 0 N–H and O–H groups in total. The first kappa shape index (κ1) is 10.7. The van der Waals surface area contributed by atoms with Gasteiger partial charge in [0.15, 0.2) is 12.4 Å². The summed E-state index contributed by atoms with van der Waals surface area (Å²) in [5.74, 6) is 0. The van der Waals surface area contributed by atoms with E-state index in [1.54, 1.807) is 0 Å². The summed E-state index contributed by atoms with van der Waals surface area (Å²) < 4.78 is 9.41. The van der Waals surface area contributed by atoms with Gasteiger partial charge in [0.25, 0.3) is 0 Å². The number of carbonyl (C=O) groups excluding carboxylic acids is 1. The molecule has 0 bridgehead atoms. The largest absolute Gasteiger partial charge is 1.00 e. The minimum atomic E-state index is -2.47. The Bertz CT molecular complexity index is 73.3. The van der Waals surface area contributed by atoms with Crippen molar-refractivity contribution >= 4 is 14.3 Å². The summed E-state index contributed by atoms with van der Waals surface area (Å²) in [5.41, 5.74) is 0. The molecule has 0 spiro atoms. The average molecular weight is 129 g/mol. The van der Waals surface area contributed by atoms with Crippen LogP contribution < -0.4 is 34.5 Å². The molecule has 0 aliphatic heterocycles. The third kappa shape index (κ3) is 10.8. The van der Waals surface area contributed by atoms with Crippen LogP contribution in [0.2, 0.25) is 0 Å². The van der Waals surface area contributed by atoms with E-state index < -0.39 is 8.03 Å². The molecule has 0 aromatic heterocycles. The van der Waals surface area contributed by atoms with Crippen LogP contribution in [0.15, 0.2) is 0 Å². The van der Waals surface area contributed by atoms with Crippen LogP contribution in [0.4, 0.5) is 0 Å². The number of hydrogen-bond acceptors (Lipinski definition) is 3. The molecule has 0 heterocycles. The van der Waals surface area contributed by atoms with Gasteiger partial charge in [-0.1, -0.05) is 4.57 Å². The van der Waals surface area contributed by atoms with Crippen molar-refractivity contribution in [1.29, 1.82) is 0 Å². The second-order valence-electron chi connectivity index (χ2n) is 0.682. The Morgan fingerprint density at radius 3 is 2.14 bits per heavy atom. The standard InChI is InChI=1S/C2H3O3P.Na/c3-1-2-6(4)5;/h1H,2H2;/q;+1. The van der Waals surface area contributed by atoms with Crippen molar-refractivity contribution in [1.82, 2.24) is 0 Å². The molecule has 0 aromatic rings. The SMILES string of the molecule is O=CC[P+](=O)[O-].[Na+]. The van der Waals surface area contributed by atoms with Crippen molar-refractivity contribution < 1.29 is 43.8 Å². The second kappa shape index (κ2) is 6.73. The van der Waals surface area contributed by atoms with Crippen LogP contribution in [0.1, 0.15) is 0 Å². The molecule has 0 aliphatic rings. The number of rotatable bonds is 2. The van der Waals surface area contributed by atoms with Crippen molar-refractivity contribution in [3.05, 3.63) is 0 Å². The zero-order chi connectivity index (χ0) is 4.99. The Morgan fingerprint density at radius 2 is 2.14 bits per heavy atom. The summed E-state index contributed by atoms with van der Waals surface area (Å²) in [6.07, 6.45) is 0.00103. The molecule has 5 heteroatoms. The Morgan fingerprint density at radius 1 is 1.71 bits per heavy atom. The van der Waals surface area contributed by atoms with E-state index in [1.807, 2.05) is 0 Å². The fraction of sp³-hybridized carbons (Fsp3) is 0.500. The van der Waals surface area contributed by atoms with Crippen LogP contribution >= 0.6 is 8.03 Å². The van der Waals surface area contributed by atoms with Crippen LogP contribution in [0.25, 0.3) is 0 Å². The molecule has 0 saturated carbocycles. The second-order valence-corrected chi connectivity index (χ2v) is 1.71. The number of hydrogen-bond donors (Lipinski definition) is 0. The first-order valence-corrected chi connectivity index (χ1v) is 2.69. The Labute approximate surface area is 64.3 Å². The molecule has 0 amide bonds. The maximum atomic E-state index is 9.41. The molecule has 1 atom stereocenters. The molecular weight excluding hydrogens is 126 g/mol. The monoisotopic (exact) mass is 129 g/mol. The van der Waals surface area contributed by atoms with E-state index in [4.69, 9.17) is 0 Å². The maximum absolute atomic E-state index is 9.41. The van der Waals surface area contributed by atoms with Gasteiger partial charge in [-0.15, -0.1) is 0 Å². The summed E-state index contributed by atoms with van der Waals surface area (Å²) in [6.45, 7) is 0. The molecule has 0 rings (SSSR count). The number of aldehydes is 1. The summed E-state index contributed by atoms with van der Waals surface area (Å²) in [4.78, 5) is 18.6. The Kier molecular flexibility index (Phi) is 10.3. The van der Waals surface area contributed by atoms with Crippen LogP contribution in [0.5, 0.6) is 0 Å². The fourth-order valence-electron chi connectivity index (χ4n) is 0.0609. The van der Waals surface area contributed by atoms with E-state index in [0.29, 0.717) is 6.29 Å². The fourth-order valence-corrected chi connectivity index (χ4v) is 0.183. The van der Waals surface area contributed by atoms with Crippen molar-refractivity contribution in [3.8, 4) is 0 Å². The minimum absolute atomic E-state index is 0. The summed E-state index contributed by atoms with van der Waals surface area (Å²) in [6, 6.07) is 0. The van der Waals surface area contributed by atoms with E-state index in [-0.39, 0.29) is 35.7 Å². The van der Waals surface area contributed by atoms with E-state index in [2.05, 4.69) is 0 Å². The van der Waals surface area contributed by atoms with Gasteiger partial charge in [-0.25, -0.2) is 0 Å². The molecule has 0 radical (unpaired) electrons. The van der Waals surface area contributed by atoms with Gasteiger partial charge >= 0.3 is 37.6 Å². The van der Waals surface area contributed by atoms with Crippen LogP contribution in [0, 0.1) is 0 Å². The van der Waals surface area contributed by atoms with Crippen LogP contribution in [-0.2, 0) is 9.36 Å². The van der Waals surface area contributed by atoms with Crippen molar-refractivity contribution in [2.24, 2.45) is 0 Å². The third-order valence-electron chi connectivity index (χ3n) is 0.224. The van der Waals surface area contributed by atoms with Gasteiger partial charge in [-0.3, -0.25) is 4.79 Å². The van der Waals surface area contributed by atoms with Crippen molar-refractivity contribution in [3.63, 3.8) is 0 Å². The van der Waals surface area contributed by atoms with E-state index in [1.165, 1.54) is 0 Å². The molecule has 7 heavy (non-hydrogen) atoms. The van der Waals surface area contributed by atoms with E-state index in [0.717, 1.165) is 0 Å². The molecule has 3 nitrogen and oxygen atoms in total. The van der Waals surface area contributed by atoms with Gasteiger partial charge in [0, 0.05) is 0 Å². The molecule has 0 aliphatic carbocycles. The predicted octanol–water partition coefficient (Wildman–Crippen LogP) is -3.71. The Balaban J connectivity index is 0. The Hall–Kier alpha value is 0.730. The minimum Gasteiger partial charge on any atom is -0.595 e. The van der Waals surface area contributed by atoms with Gasteiger partial charge in [-0.05, 0) is 0 Å². The van der Waals surface area contributed by atoms with E-state index >= 15 is 0 Å². The molecule has 0 fully saturated rings. The predicted molar refractivity (Wildman–Crippen MR) is 18.5 cm³/mol. The quantitative estimate of drug-likeness (QED) is 0.219. The summed E-state index contributed by atoms with van der Waals surface area (Å²) in [7, 11) is -2.47. The van der Waals surface area contributed by atoms with E-state index in [9.17, 15) is 14.3 Å². The average Bonchev–Trinajstić information content (AvgIpc) is 1.35. The molecule has 0 aromatic carbocycles.